The number of hydrogen-bond donors (Lipinski definition) is 1. The van der Waals surface area contributed by atoms with Gasteiger partial charge in [-0.25, -0.2) is 0 Å². The summed E-state index contributed by atoms with van der Waals surface area (Å²) in [5, 5.41) is 9.43. The molecule has 1 heterocycles. The standard InChI is InChI=1S/C14H28N2O2/c1-11(2)6-8-16-13(18)12(10-17)15(5)9-7-14(16,3)4/h11-12,17H,6-10H2,1-5H3. The Bertz CT molecular complexity index is 290. The second kappa shape index (κ2) is 6.02. The molecule has 1 saturated heterocycles. The van der Waals surface area contributed by atoms with Gasteiger partial charge in [-0.1, -0.05) is 13.8 Å². The largest absolute Gasteiger partial charge is 0.394 e. The molecule has 0 aromatic carbocycles. The highest BCUT2D eigenvalue weighted by atomic mass is 16.3. The van der Waals surface area contributed by atoms with E-state index in [9.17, 15) is 9.90 Å². The van der Waals surface area contributed by atoms with Gasteiger partial charge in [-0.05, 0) is 39.7 Å². The van der Waals surface area contributed by atoms with Crippen LogP contribution in [0.2, 0.25) is 0 Å². The maximum absolute atomic E-state index is 12.5. The van der Waals surface area contributed by atoms with E-state index < -0.39 is 0 Å². The van der Waals surface area contributed by atoms with Gasteiger partial charge in [0.2, 0.25) is 5.91 Å². The van der Waals surface area contributed by atoms with Crippen molar-refractivity contribution in [3.8, 4) is 0 Å². The highest BCUT2D eigenvalue weighted by Gasteiger charge is 2.39. The van der Waals surface area contributed by atoms with Gasteiger partial charge in [0.25, 0.3) is 0 Å². The van der Waals surface area contributed by atoms with Crippen molar-refractivity contribution >= 4 is 5.91 Å². The highest BCUT2D eigenvalue weighted by molar-refractivity contribution is 5.83. The number of aliphatic hydroxyl groups is 1. The molecule has 4 nitrogen and oxygen atoms in total. The average Bonchev–Trinajstić information content (AvgIpc) is 2.33. The Balaban J connectivity index is 2.88. The van der Waals surface area contributed by atoms with Gasteiger partial charge in [-0.15, -0.1) is 0 Å². The van der Waals surface area contributed by atoms with Crippen molar-refractivity contribution in [2.75, 3.05) is 26.7 Å². The number of likely N-dealkylation sites (N-methyl/N-ethyl adjacent to an activating group) is 1. The van der Waals surface area contributed by atoms with E-state index in [1.54, 1.807) is 0 Å². The molecule has 0 spiro atoms. The third kappa shape index (κ3) is 3.45. The van der Waals surface area contributed by atoms with Gasteiger partial charge < -0.3 is 10.0 Å². The predicted molar refractivity (Wildman–Crippen MR) is 73.4 cm³/mol. The Morgan fingerprint density at radius 1 is 1.44 bits per heavy atom. The average molecular weight is 256 g/mol. The van der Waals surface area contributed by atoms with E-state index in [4.69, 9.17) is 0 Å². The maximum atomic E-state index is 12.5. The first-order valence-electron chi connectivity index (χ1n) is 6.92. The molecule has 0 radical (unpaired) electrons. The summed E-state index contributed by atoms with van der Waals surface area (Å²) in [5.74, 6) is 0.658. The van der Waals surface area contributed by atoms with Crippen molar-refractivity contribution < 1.29 is 9.90 Å². The third-order valence-electron chi connectivity index (χ3n) is 3.99. The van der Waals surface area contributed by atoms with Gasteiger partial charge in [-0.3, -0.25) is 9.69 Å². The smallest absolute Gasteiger partial charge is 0.242 e. The molecule has 4 heteroatoms. The Hall–Kier alpha value is -0.610. The van der Waals surface area contributed by atoms with Crippen LogP contribution in [-0.4, -0.2) is 59.1 Å². The summed E-state index contributed by atoms with van der Waals surface area (Å²) in [6, 6.07) is -0.376. The fraction of sp³-hybridized carbons (Fsp3) is 0.929. The molecule has 1 aliphatic heterocycles. The molecule has 0 aromatic heterocycles. The quantitative estimate of drug-likeness (QED) is 0.825. The molecular formula is C14H28N2O2. The van der Waals surface area contributed by atoms with E-state index in [1.165, 1.54) is 0 Å². The van der Waals surface area contributed by atoms with Gasteiger partial charge in [-0.2, -0.15) is 0 Å². The van der Waals surface area contributed by atoms with Crippen molar-refractivity contribution in [3.63, 3.8) is 0 Å². The summed E-state index contributed by atoms with van der Waals surface area (Å²) in [5.41, 5.74) is -0.121. The topological polar surface area (TPSA) is 43.8 Å². The van der Waals surface area contributed by atoms with Crippen molar-refractivity contribution in [2.45, 2.75) is 52.1 Å². The zero-order valence-corrected chi connectivity index (χ0v) is 12.4. The molecule has 0 bridgehead atoms. The van der Waals surface area contributed by atoms with Crippen molar-refractivity contribution in [1.29, 1.82) is 0 Å². The molecule has 0 aromatic rings. The van der Waals surface area contributed by atoms with Gasteiger partial charge in [0, 0.05) is 18.6 Å². The van der Waals surface area contributed by atoms with Crippen LogP contribution in [-0.2, 0) is 4.79 Å². The molecule has 1 rings (SSSR count). The lowest BCUT2D eigenvalue weighted by atomic mass is 9.97. The van der Waals surface area contributed by atoms with Crippen LogP contribution in [0.1, 0.15) is 40.5 Å². The normalized spacial score (nSPS) is 25.6. The fourth-order valence-corrected chi connectivity index (χ4v) is 2.43. The zero-order valence-electron chi connectivity index (χ0n) is 12.4. The van der Waals surface area contributed by atoms with Gasteiger partial charge in [0.1, 0.15) is 6.04 Å². The first-order chi connectivity index (χ1) is 8.29. The molecule has 1 atom stereocenters. The molecule has 18 heavy (non-hydrogen) atoms. The van der Waals surface area contributed by atoms with Crippen molar-refractivity contribution in [3.05, 3.63) is 0 Å². The number of hydrogen-bond acceptors (Lipinski definition) is 3. The van der Waals surface area contributed by atoms with Crippen LogP contribution in [0.15, 0.2) is 0 Å². The summed E-state index contributed by atoms with van der Waals surface area (Å²) < 4.78 is 0. The van der Waals surface area contributed by atoms with Crippen LogP contribution in [0.4, 0.5) is 0 Å². The monoisotopic (exact) mass is 256 g/mol. The minimum atomic E-state index is -0.376. The SMILES string of the molecule is CC(C)CCN1C(=O)C(CO)N(C)CCC1(C)C. The van der Waals surface area contributed by atoms with Crippen LogP contribution >= 0.6 is 0 Å². The summed E-state index contributed by atoms with van der Waals surface area (Å²) in [6.45, 7) is 10.1. The van der Waals surface area contributed by atoms with E-state index in [0.717, 1.165) is 25.9 Å². The fourth-order valence-electron chi connectivity index (χ4n) is 2.43. The zero-order chi connectivity index (χ0) is 13.9. The number of carbonyl (C=O) groups excluding carboxylic acids is 1. The number of carbonyl (C=O) groups is 1. The Kier molecular flexibility index (Phi) is 5.17. The second-order valence-electron chi connectivity index (χ2n) is 6.41. The Morgan fingerprint density at radius 2 is 2.06 bits per heavy atom. The van der Waals surface area contributed by atoms with Gasteiger partial charge >= 0.3 is 0 Å². The van der Waals surface area contributed by atoms with Gasteiger partial charge in [0.15, 0.2) is 0 Å². The first-order valence-corrected chi connectivity index (χ1v) is 6.92. The number of aliphatic hydroxyl groups excluding tert-OH is 1. The molecule has 1 amide bonds. The third-order valence-corrected chi connectivity index (χ3v) is 3.99. The number of amides is 1. The van der Waals surface area contributed by atoms with Crippen LogP contribution in [0.3, 0.4) is 0 Å². The van der Waals surface area contributed by atoms with Crippen LogP contribution < -0.4 is 0 Å². The minimum Gasteiger partial charge on any atom is -0.394 e. The number of rotatable bonds is 4. The summed E-state index contributed by atoms with van der Waals surface area (Å²) in [6.07, 6.45) is 1.96. The minimum absolute atomic E-state index is 0.0724. The Morgan fingerprint density at radius 3 is 2.56 bits per heavy atom. The van der Waals surface area contributed by atoms with Crippen LogP contribution in [0.25, 0.3) is 0 Å². The van der Waals surface area contributed by atoms with E-state index in [2.05, 4.69) is 27.7 Å². The van der Waals surface area contributed by atoms with E-state index >= 15 is 0 Å². The molecule has 0 aliphatic carbocycles. The summed E-state index contributed by atoms with van der Waals surface area (Å²) >= 11 is 0. The highest BCUT2D eigenvalue weighted by Crippen LogP contribution is 2.26. The predicted octanol–water partition coefficient (Wildman–Crippen LogP) is 1.34. The lowest BCUT2D eigenvalue weighted by molar-refractivity contribution is -0.140. The first kappa shape index (κ1) is 15.4. The molecule has 106 valence electrons. The Labute approximate surface area is 111 Å². The molecule has 1 fully saturated rings. The lowest BCUT2D eigenvalue weighted by Gasteiger charge is -2.38. The van der Waals surface area contributed by atoms with Gasteiger partial charge in [0.05, 0.1) is 6.61 Å². The van der Waals surface area contributed by atoms with E-state index in [0.29, 0.717) is 5.92 Å². The molecule has 1 N–H and O–H groups in total. The van der Waals surface area contributed by atoms with E-state index in [1.807, 2.05) is 16.8 Å². The van der Waals surface area contributed by atoms with Crippen LogP contribution in [0.5, 0.6) is 0 Å². The summed E-state index contributed by atoms with van der Waals surface area (Å²) in [4.78, 5) is 16.5. The number of nitrogens with zero attached hydrogens (tertiary/aromatic N) is 2. The summed E-state index contributed by atoms with van der Waals surface area (Å²) in [7, 11) is 1.92. The lowest BCUT2D eigenvalue weighted by Crippen LogP contribution is -2.52. The second-order valence-corrected chi connectivity index (χ2v) is 6.41. The molecule has 1 aliphatic rings. The molecular weight excluding hydrogens is 228 g/mol. The molecule has 1 unspecified atom stereocenters. The van der Waals surface area contributed by atoms with E-state index in [-0.39, 0.29) is 24.1 Å². The molecule has 0 saturated carbocycles. The maximum Gasteiger partial charge on any atom is 0.242 e. The van der Waals surface area contributed by atoms with Crippen molar-refractivity contribution in [2.24, 2.45) is 5.92 Å². The van der Waals surface area contributed by atoms with Crippen LogP contribution in [0, 0.1) is 5.92 Å². The van der Waals surface area contributed by atoms with Crippen molar-refractivity contribution in [1.82, 2.24) is 9.80 Å².